The van der Waals surface area contributed by atoms with E-state index in [0.717, 1.165) is 48.1 Å². The molecule has 9 rings (SSSR count). The maximum atomic E-state index is 16.7. The Bertz CT molecular complexity index is 2810. The highest BCUT2D eigenvalue weighted by Crippen LogP contribution is 2.66. The van der Waals surface area contributed by atoms with Crippen LogP contribution in [-0.2, 0) is 40.6 Å². The third kappa shape index (κ3) is 9.30. The molecule has 13 heteroatoms. The van der Waals surface area contributed by atoms with Crippen LogP contribution in [0, 0.1) is 23.7 Å². The summed E-state index contributed by atoms with van der Waals surface area (Å²) >= 11 is 0. The molecule has 3 fully saturated rings. The molecule has 0 unspecified atom stereocenters. The van der Waals surface area contributed by atoms with E-state index in [4.69, 9.17) is 9.47 Å². The number of imide groups is 1. The molecule has 0 radical (unpaired) electrons. The summed E-state index contributed by atoms with van der Waals surface area (Å²) in [6.45, 7) is 5.42. The Morgan fingerprint density at radius 1 is 0.803 bits per heavy atom. The monoisotopic (exact) mass is 955 g/mol. The number of rotatable bonds is 10. The predicted molar refractivity (Wildman–Crippen MR) is 269 cm³/mol. The van der Waals surface area contributed by atoms with Crippen LogP contribution in [0.4, 0.5) is 10.5 Å². The SMILES string of the molecule is COC(=O)[C@@H](NC(=O)N1C(=O)[C@@]2(c3cc(C#CCN(C)Cc4ccccc4)ccc31)[C@H](c1ccc(O)cc1)N1[C@H](c3ccccc3)[C@H](c3ccccc3)OC(=O)[C@H]1[C@@H]2C(=O)N1CCCCCCC1)C(C)C. The minimum Gasteiger partial charge on any atom is -0.508 e. The second-order valence-electron chi connectivity index (χ2n) is 19.5. The van der Waals surface area contributed by atoms with Crippen LogP contribution in [0.15, 0.2) is 133 Å². The van der Waals surface area contributed by atoms with Crippen molar-refractivity contribution in [3.8, 4) is 17.6 Å². The molecule has 2 N–H and O–H groups in total. The minimum atomic E-state index is -2.01. The first-order valence-electron chi connectivity index (χ1n) is 24.7. The number of carbonyl (C=O) groups excluding carboxylic acids is 5. The molecule has 366 valence electrons. The lowest BCUT2D eigenvalue weighted by atomic mass is 9.64. The summed E-state index contributed by atoms with van der Waals surface area (Å²) in [6, 6.07) is 35.6. The van der Waals surface area contributed by atoms with Gasteiger partial charge in [-0.1, -0.05) is 148 Å². The second kappa shape index (κ2) is 21.0. The number of nitrogens with one attached hydrogen (secondary N) is 1. The van der Waals surface area contributed by atoms with Gasteiger partial charge in [-0.3, -0.25) is 24.2 Å². The normalized spacial score (nSPS) is 23.5. The van der Waals surface area contributed by atoms with Crippen molar-refractivity contribution in [1.82, 2.24) is 20.0 Å². The number of urea groups is 1. The average Bonchev–Trinajstić information content (AvgIpc) is 3.82. The standard InChI is InChI=1S/C58H61N5O8/c1-38(2)48(54(66)70-4)59-57(69)62-46-32-27-39(22-19-33-60(3)37-40-20-11-8-12-21-40)36-45(46)58(56(62)68)47(53(65)61-34-17-6-5-7-18-35-61)50-55(67)71-51(42-25-15-10-16-26-42)49(41-23-13-9-14-24-41)63(50)52(58)43-28-30-44(64)31-29-43/h8-16,20-21,23-32,36,38,47-52,64H,5-7,17-18,33-35,37H2,1-4H3,(H,59,69)/t47-,48+,49-,50-,51+,52+,58-/m1/s1. The van der Waals surface area contributed by atoms with Gasteiger partial charge >= 0.3 is 18.0 Å². The Hall–Kier alpha value is -7.27. The fraction of sp³-hybridized carbons (Fsp3) is 0.362. The molecule has 7 atom stereocenters. The van der Waals surface area contributed by atoms with Crippen LogP contribution in [0.5, 0.6) is 5.75 Å². The van der Waals surface area contributed by atoms with Crippen molar-refractivity contribution in [3.63, 3.8) is 0 Å². The van der Waals surface area contributed by atoms with Crippen LogP contribution in [0.3, 0.4) is 0 Å². The van der Waals surface area contributed by atoms with Crippen molar-refractivity contribution < 1.29 is 38.6 Å². The molecule has 0 aliphatic carbocycles. The van der Waals surface area contributed by atoms with Gasteiger partial charge in [-0.15, -0.1) is 0 Å². The van der Waals surface area contributed by atoms with E-state index in [1.165, 1.54) is 19.2 Å². The number of phenols is 1. The van der Waals surface area contributed by atoms with Crippen LogP contribution in [0.2, 0.25) is 0 Å². The van der Waals surface area contributed by atoms with Gasteiger partial charge in [0.15, 0.2) is 0 Å². The lowest BCUT2D eigenvalue weighted by Gasteiger charge is -2.46. The van der Waals surface area contributed by atoms with E-state index in [0.29, 0.717) is 48.4 Å². The fourth-order valence-corrected chi connectivity index (χ4v) is 11.3. The van der Waals surface area contributed by atoms with Crippen molar-refractivity contribution >= 4 is 35.5 Å². The summed E-state index contributed by atoms with van der Waals surface area (Å²) in [5, 5.41) is 13.6. The number of hydrogen-bond donors (Lipinski definition) is 2. The number of carbonyl (C=O) groups is 5. The van der Waals surface area contributed by atoms with Crippen molar-refractivity contribution in [2.24, 2.45) is 11.8 Å². The Morgan fingerprint density at radius 3 is 2.06 bits per heavy atom. The van der Waals surface area contributed by atoms with E-state index in [1.54, 1.807) is 49.1 Å². The number of fused-ring (bicyclic) bond motifs is 3. The second-order valence-corrected chi connectivity index (χ2v) is 19.5. The third-order valence-corrected chi connectivity index (χ3v) is 14.6. The van der Waals surface area contributed by atoms with Gasteiger partial charge < -0.3 is 24.8 Å². The summed E-state index contributed by atoms with van der Waals surface area (Å²) in [7, 11) is 3.22. The van der Waals surface area contributed by atoms with Gasteiger partial charge in [0.05, 0.1) is 37.3 Å². The number of phenolic OH excluding ortho intramolecular Hbond substituents is 1. The van der Waals surface area contributed by atoms with Crippen LogP contribution in [0.25, 0.3) is 0 Å². The van der Waals surface area contributed by atoms with Crippen LogP contribution < -0.4 is 10.2 Å². The van der Waals surface area contributed by atoms with E-state index in [2.05, 4.69) is 34.2 Å². The molecule has 5 aromatic rings. The van der Waals surface area contributed by atoms with Crippen LogP contribution in [-0.4, -0.2) is 95.5 Å². The van der Waals surface area contributed by atoms with Gasteiger partial charge in [-0.05, 0) is 84.0 Å². The number of nitrogens with zero attached hydrogens (tertiary/aromatic N) is 4. The zero-order chi connectivity index (χ0) is 49.8. The molecule has 5 aromatic carbocycles. The highest BCUT2D eigenvalue weighted by molar-refractivity contribution is 6.25. The van der Waals surface area contributed by atoms with Gasteiger partial charge in [-0.25, -0.2) is 14.5 Å². The number of morpholine rings is 1. The summed E-state index contributed by atoms with van der Waals surface area (Å²) in [5.41, 5.74) is 2.17. The van der Waals surface area contributed by atoms with Gasteiger partial charge in [0.2, 0.25) is 11.8 Å². The maximum Gasteiger partial charge on any atom is 0.329 e. The highest BCUT2D eigenvalue weighted by Gasteiger charge is 2.76. The van der Waals surface area contributed by atoms with E-state index < -0.39 is 77.3 Å². The Labute approximate surface area is 415 Å². The molecule has 0 saturated carbocycles. The van der Waals surface area contributed by atoms with E-state index in [9.17, 15) is 9.90 Å². The minimum absolute atomic E-state index is 0.0260. The van der Waals surface area contributed by atoms with Gasteiger partial charge in [-0.2, -0.15) is 0 Å². The van der Waals surface area contributed by atoms with Crippen molar-refractivity contribution in [1.29, 1.82) is 0 Å². The first-order valence-corrected chi connectivity index (χ1v) is 24.7. The first kappa shape index (κ1) is 48.7. The van der Waals surface area contributed by atoms with Gasteiger partial charge in [0.25, 0.3) is 0 Å². The molecule has 4 amide bonds. The summed E-state index contributed by atoms with van der Waals surface area (Å²) in [5.74, 6) is 2.21. The number of benzene rings is 5. The van der Waals surface area contributed by atoms with E-state index >= 15 is 19.2 Å². The largest absolute Gasteiger partial charge is 0.508 e. The molecule has 13 nitrogen and oxygen atoms in total. The fourth-order valence-electron chi connectivity index (χ4n) is 11.3. The number of methoxy groups -OCH3 is 1. The smallest absolute Gasteiger partial charge is 0.329 e. The topological polar surface area (TPSA) is 149 Å². The molecule has 4 aliphatic heterocycles. The molecule has 71 heavy (non-hydrogen) atoms. The van der Waals surface area contributed by atoms with Crippen LogP contribution >= 0.6 is 0 Å². The Morgan fingerprint density at radius 2 is 1.42 bits per heavy atom. The number of aromatic hydroxyl groups is 1. The number of hydrogen-bond acceptors (Lipinski definition) is 10. The molecule has 0 bridgehead atoms. The summed E-state index contributed by atoms with van der Waals surface area (Å²) < 4.78 is 11.8. The lowest BCUT2D eigenvalue weighted by molar-refractivity contribution is -0.179. The molecule has 4 heterocycles. The van der Waals surface area contributed by atoms with Crippen molar-refractivity contribution in [3.05, 3.63) is 167 Å². The van der Waals surface area contributed by atoms with E-state index in [-0.39, 0.29) is 11.4 Å². The quantitative estimate of drug-likeness (QED) is 0.104. The van der Waals surface area contributed by atoms with Crippen molar-refractivity contribution in [2.75, 3.05) is 38.7 Å². The summed E-state index contributed by atoms with van der Waals surface area (Å²) in [6.07, 6.45) is 3.43. The number of esters is 2. The molecule has 1 spiro atoms. The summed E-state index contributed by atoms with van der Waals surface area (Å²) in [4.78, 5) is 83.8. The highest BCUT2D eigenvalue weighted by atomic mass is 16.6. The number of amides is 4. The maximum absolute atomic E-state index is 16.7. The third-order valence-electron chi connectivity index (χ3n) is 14.6. The zero-order valence-electron chi connectivity index (χ0n) is 40.7. The number of likely N-dealkylation sites (tertiary alicyclic amines) is 1. The van der Waals surface area contributed by atoms with Crippen molar-refractivity contribution in [2.45, 2.75) is 88.2 Å². The number of cyclic esters (lactones) is 1. The molecular weight excluding hydrogens is 895 g/mol. The Balaban J connectivity index is 1.31. The average molecular weight is 956 g/mol. The first-order chi connectivity index (χ1) is 34.4. The number of ether oxygens (including phenoxy) is 2. The zero-order valence-corrected chi connectivity index (χ0v) is 40.7. The number of anilines is 1. The lowest BCUT2D eigenvalue weighted by Crippen LogP contribution is -2.58. The van der Waals surface area contributed by atoms with Crippen LogP contribution in [0.1, 0.15) is 97.5 Å². The van der Waals surface area contributed by atoms with E-state index in [1.807, 2.05) is 90.8 Å². The Kier molecular flexibility index (Phi) is 14.4. The molecule has 0 aromatic heterocycles. The predicted octanol–water partition coefficient (Wildman–Crippen LogP) is 8.24. The molecule has 4 aliphatic rings. The van der Waals surface area contributed by atoms with Gasteiger partial charge in [0, 0.05) is 25.2 Å². The molecular formula is C58H61N5O8. The molecule has 3 saturated heterocycles. The van der Waals surface area contributed by atoms with Gasteiger partial charge in [0.1, 0.15) is 29.4 Å².